The van der Waals surface area contributed by atoms with E-state index in [9.17, 15) is 9.59 Å². The average Bonchev–Trinajstić information content (AvgIpc) is 3.35. The second kappa shape index (κ2) is 14.4. The number of nitrogens with zero attached hydrogens (tertiary/aromatic N) is 2. The summed E-state index contributed by atoms with van der Waals surface area (Å²) in [7, 11) is 1.75. The zero-order valence-electron chi connectivity index (χ0n) is 20.9. The van der Waals surface area contributed by atoms with Crippen molar-refractivity contribution in [3.05, 3.63) is 100.0 Å². The van der Waals surface area contributed by atoms with Crippen LogP contribution in [0.15, 0.2) is 78.3 Å². The van der Waals surface area contributed by atoms with E-state index in [-0.39, 0.29) is 18.2 Å². The van der Waals surface area contributed by atoms with Crippen LogP contribution in [0.5, 0.6) is 0 Å². The van der Waals surface area contributed by atoms with Crippen molar-refractivity contribution < 1.29 is 9.59 Å². The molecule has 0 saturated heterocycles. The highest BCUT2D eigenvalue weighted by Gasteiger charge is 2.10. The number of nitrogens with two attached hydrogens (primary N) is 2. The molecule has 0 aliphatic carbocycles. The summed E-state index contributed by atoms with van der Waals surface area (Å²) in [5.41, 5.74) is 14.8. The van der Waals surface area contributed by atoms with Gasteiger partial charge in [-0.05, 0) is 54.7 Å². The molecule has 1 aromatic heterocycles. The van der Waals surface area contributed by atoms with Gasteiger partial charge in [-0.1, -0.05) is 53.8 Å². The molecule has 2 amide bonds. The van der Waals surface area contributed by atoms with Crippen molar-refractivity contribution in [1.82, 2.24) is 20.8 Å². The van der Waals surface area contributed by atoms with Gasteiger partial charge in [0.2, 0.25) is 11.0 Å². The third-order valence-corrected chi connectivity index (χ3v) is 6.33. The molecule has 0 bridgehead atoms. The van der Waals surface area contributed by atoms with Gasteiger partial charge >= 0.3 is 0 Å². The summed E-state index contributed by atoms with van der Waals surface area (Å²) in [6.07, 6.45) is 7.12. The lowest BCUT2D eigenvalue weighted by molar-refractivity contribution is -0.115. The molecule has 0 radical (unpaired) electrons. The Hall–Kier alpha value is -4.18. The largest absolute Gasteiger partial charge is 0.402 e. The molecule has 2 aromatic carbocycles. The van der Waals surface area contributed by atoms with Crippen LogP contribution in [0.1, 0.15) is 45.8 Å². The van der Waals surface area contributed by atoms with Crippen LogP contribution in [0.25, 0.3) is 0 Å². The number of amides is 2. The van der Waals surface area contributed by atoms with Gasteiger partial charge in [0.15, 0.2) is 0 Å². The Balaban J connectivity index is 1.41. The fraction of sp³-hybridized carbons (Fsp3) is 0.259. The lowest BCUT2D eigenvalue weighted by Gasteiger charge is -2.07. The summed E-state index contributed by atoms with van der Waals surface area (Å²) in [5.74, 6) is 0.258. The van der Waals surface area contributed by atoms with Gasteiger partial charge in [-0.2, -0.15) is 0 Å². The normalized spacial score (nSPS) is 11.7. The van der Waals surface area contributed by atoms with E-state index in [1.165, 1.54) is 11.3 Å². The number of benzene rings is 2. The van der Waals surface area contributed by atoms with Crippen LogP contribution in [0, 0.1) is 0 Å². The molecule has 3 rings (SSSR count). The van der Waals surface area contributed by atoms with Crippen LogP contribution < -0.4 is 27.4 Å². The van der Waals surface area contributed by atoms with Gasteiger partial charge in [-0.25, -0.2) is 0 Å². The van der Waals surface area contributed by atoms with E-state index in [1.54, 1.807) is 31.3 Å². The predicted molar refractivity (Wildman–Crippen MR) is 147 cm³/mol. The summed E-state index contributed by atoms with van der Waals surface area (Å²) in [4.78, 5) is 24.8. The van der Waals surface area contributed by atoms with Crippen molar-refractivity contribution in [1.29, 1.82) is 0 Å². The van der Waals surface area contributed by atoms with Crippen LogP contribution in [-0.2, 0) is 24.2 Å². The molecule has 10 heteroatoms. The van der Waals surface area contributed by atoms with Gasteiger partial charge in [-0.15, -0.1) is 10.2 Å². The minimum absolute atomic E-state index is 0.136. The molecule has 0 unspecified atom stereocenters. The Kier molecular flexibility index (Phi) is 10.7. The monoisotopic (exact) mass is 519 g/mol. The van der Waals surface area contributed by atoms with Gasteiger partial charge in [0.1, 0.15) is 5.01 Å². The van der Waals surface area contributed by atoms with Crippen molar-refractivity contribution in [3.8, 4) is 0 Å². The lowest BCUT2D eigenvalue weighted by Crippen LogP contribution is -2.22. The number of rotatable bonds is 13. The van der Waals surface area contributed by atoms with Gasteiger partial charge in [0.25, 0.3) is 5.91 Å². The molecule has 194 valence electrons. The number of hydrogen-bond acceptors (Lipinski definition) is 8. The molecule has 0 aliphatic rings. The van der Waals surface area contributed by atoms with Crippen LogP contribution in [0.3, 0.4) is 0 Å². The number of anilines is 1. The molecular formula is C27H33N7O2S. The van der Waals surface area contributed by atoms with Crippen LogP contribution >= 0.6 is 11.3 Å². The van der Waals surface area contributed by atoms with Crippen molar-refractivity contribution in [2.75, 3.05) is 12.4 Å². The SMILES string of the molecule is CN/C(N)=C/C=C(\N)CCCCc1nnc(NC(=O)Cc2cccc(CNC(=O)c3ccccc3)c2)s1. The van der Waals surface area contributed by atoms with Crippen LogP contribution in [0.4, 0.5) is 5.13 Å². The van der Waals surface area contributed by atoms with Crippen molar-refractivity contribution in [2.24, 2.45) is 11.5 Å². The Morgan fingerprint density at radius 2 is 1.76 bits per heavy atom. The highest BCUT2D eigenvalue weighted by molar-refractivity contribution is 7.15. The highest BCUT2D eigenvalue weighted by atomic mass is 32.1. The summed E-state index contributed by atoms with van der Waals surface area (Å²) in [6.45, 7) is 0.380. The first-order chi connectivity index (χ1) is 17.9. The van der Waals surface area contributed by atoms with Crippen molar-refractivity contribution in [2.45, 2.75) is 38.6 Å². The molecular weight excluding hydrogens is 486 g/mol. The van der Waals surface area contributed by atoms with Crippen molar-refractivity contribution >= 4 is 28.3 Å². The first-order valence-corrected chi connectivity index (χ1v) is 12.9. The maximum absolute atomic E-state index is 12.5. The molecule has 0 aliphatic heterocycles. The third-order valence-electron chi connectivity index (χ3n) is 5.43. The zero-order chi connectivity index (χ0) is 26.5. The van der Waals surface area contributed by atoms with E-state index in [1.807, 2.05) is 42.5 Å². The van der Waals surface area contributed by atoms with E-state index in [4.69, 9.17) is 11.5 Å². The van der Waals surface area contributed by atoms with Crippen molar-refractivity contribution in [3.63, 3.8) is 0 Å². The molecule has 0 saturated carbocycles. The number of allylic oxidation sites excluding steroid dienone is 3. The third kappa shape index (κ3) is 9.77. The molecule has 7 N–H and O–H groups in total. The van der Waals surface area contributed by atoms with Gasteiger partial charge in [0.05, 0.1) is 12.2 Å². The molecule has 3 aromatic rings. The molecule has 0 fully saturated rings. The number of unbranched alkanes of at least 4 members (excludes halogenated alkanes) is 1. The minimum atomic E-state index is -0.167. The number of hydrogen-bond donors (Lipinski definition) is 5. The van der Waals surface area contributed by atoms with Gasteiger partial charge in [-0.3, -0.25) is 9.59 Å². The molecule has 1 heterocycles. The van der Waals surface area contributed by atoms with E-state index < -0.39 is 0 Å². The fourth-order valence-corrected chi connectivity index (χ4v) is 4.24. The van der Waals surface area contributed by atoms with Crippen LogP contribution in [0.2, 0.25) is 0 Å². The Labute approximate surface area is 221 Å². The molecule has 37 heavy (non-hydrogen) atoms. The average molecular weight is 520 g/mol. The van der Waals surface area contributed by atoms with E-state index in [0.717, 1.165) is 47.5 Å². The quantitative estimate of drug-likeness (QED) is 0.172. The van der Waals surface area contributed by atoms with E-state index in [2.05, 4.69) is 26.1 Å². The first-order valence-electron chi connectivity index (χ1n) is 12.1. The van der Waals surface area contributed by atoms with Gasteiger partial charge < -0.3 is 27.4 Å². The lowest BCUT2D eigenvalue weighted by atomic mass is 10.1. The standard InChI is InChI=1S/C27H33N7O2S/c1-30-23(29)15-14-22(28)12-5-6-13-25-33-34-27(37-25)32-24(35)17-19-8-7-9-20(16-19)18-31-26(36)21-10-3-2-4-11-21/h2-4,7-11,14-16,30H,5-6,12-13,17-18,28-29H2,1H3,(H,31,36)(H,32,34,35)/b22-14-,23-15+. The summed E-state index contributed by atoms with van der Waals surface area (Å²) >= 11 is 1.38. The van der Waals surface area contributed by atoms with E-state index in [0.29, 0.717) is 23.1 Å². The fourth-order valence-electron chi connectivity index (χ4n) is 3.45. The number of aromatic nitrogens is 2. The highest BCUT2D eigenvalue weighted by Crippen LogP contribution is 2.18. The first kappa shape index (κ1) is 27.4. The maximum Gasteiger partial charge on any atom is 0.251 e. The Bertz CT molecular complexity index is 1240. The second-order valence-corrected chi connectivity index (χ2v) is 9.48. The topological polar surface area (TPSA) is 148 Å². The Morgan fingerprint density at radius 1 is 0.973 bits per heavy atom. The smallest absolute Gasteiger partial charge is 0.251 e. The number of carbonyl (C=O) groups excluding carboxylic acids is 2. The second-order valence-electron chi connectivity index (χ2n) is 8.42. The van der Waals surface area contributed by atoms with Crippen LogP contribution in [-0.4, -0.2) is 29.1 Å². The molecule has 9 nitrogen and oxygen atoms in total. The minimum Gasteiger partial charge on any atom is -0.402 e. The summed E-state index contributed by atoms with van der Waals surface area (Å²) in [6, 6.07) is 16.7. The summed E-state index contributed by atoms with van der Waals surface area (Å²) in [5, 5.41) is 18.2. The van der Waals surface area contributed by atoms with Gasteiger partial charge in [0, 0.05) is 31.3 Å². The number of aryl methyl sites for hydroxylation is 1. The molecule has 0 atom stereocenters. The maximum atomic E-state index is 12.5. The summed E-state index contributed by atoms with van der Waals surface area (Å²) < 4.78 is 0. The Morgan fingerprint density at radius 3 is 2.54 bits per heavy atom. The number of carbonyl (C=O) groups is 2. The van der Waals surface area contributed by atoms with E-state index >= 15 is 0 Å². The zero-order valence-corrected chi connectivity index (χ0v) is 21.7. The molecule has 0 spiro atoms. The number of nitrogens with one attached hydrogen (secondary N) is 3. The predicted octanol–water partition coefficient (Wildman–Crippen LogP) is 3.22.